The topological polar surface area (TPSA) is 95.6 Å². The number of hydrazine groups is 1. The summed E-state index contributed by atoms with van der Waals surface area (Å²) >= 11 is 2.43. The number of thiophene rings is 2. The first kappa shape index (κ1) is 18.1. The highest BCUT2D eigenvalue weighted by Gasteiger charge is 2.33. The summed E-state index contributed by atoms with van der Waals surface area (Å²) in [6.45, 7) is 0.506. The second kappa shape index (κ2) is 7.65. The fraction of sp³-hybridized carbons (Fsp3) is 0.333. The Bertz CT molecular complexity index is 832. The number of piperidine rings is 1. The minimum atomic E-state index is -3.57. The van der Waals surface area contributed by atoms with E-state index in [0.29, 0.717) is 24.3 Å². The molecule has 10 heteroatoms. The molecule has 0 aliphatic carbocycles. The molecule has 2 aromatic heterocycles. The van der Waals surface area contributed by atoms with Crippen LogP contribution in [0.5, 0.6) is 0 Å². The Kier molecular flexibility index (Phi) is 5.52. The van der Waals surface area contributed by atoms with Gasteiger partial charge >= 0.3 is 0 Å². The summed E-state index contributed by atoms with van der Waals surface area (Å²) in [5.41, 5.74) is 4.77. The lowest BCUT2D eigenvalue weighted by Gasteiger charge is -2.30. The van der Waals surface area contributed by atoms with Crippen LogP contribution in [0.15, 0.2) is 39.2 Å². The van der Waals surface area contributed by atoms with E-state index in [1.807, 2.05) is 0 Å². The van der Waals surface area contributed by atoms with E-state index in [1.54, 1.807) is 35.0 Å². The number of carbonyl (C=O) groups excluding carboxylic acids is 2. The van der Waals surface area contributed by atoms with E-state index < -0.39 is 15.9 Å². The minimum Gasteiger partial charge on any atom is -0.273 e. The van der Waals surface area contributed by atoms with Crippen LogP contribution in [0.4, 0.5) is 0 Å². The molecule has 3 heterocycles. The number of nitrogens with zero attached hydrogens (tertiary/aromatic N) is 1. The van der Waals surface area contributed by atoms with E-state index >= 15 is 0 Å². The van der Waals surface area contributed by atoms with E-state index in [9.17, 15) is 18.0 Å². The van der Waals surface area contributed by atoms with Crippen molar-refractivity contribution in [2.75, 3.05) is 13.1 Å². The highest BCUT2D eigenvalue weighted by Crippen LogP contribution is 2.26. The van der Waals surface area contributed by atoms with Gasteiger partial charge in [-0.05, 0) is 35.7 Å². The number of nitrogens with one attached hydrogen (secondary N) is 2. The number of rotatable bonds is 4. The predicted octanol–water partition coefficient (Wildman–Crippen LogP) is 1.67. The molecule has 1 fully saturated rings. The number of amides is 2. The maximum Gasteiger partial charge on any atom is 0.279 e. The van der Waals surface area contributed by atoms with E-state index in [4.69, 9.17) is 0 Å². The zero-order valence-corrected chi connectivity index (χ0v) is 15.6. The van der Waals surface area contributed by atoms with Crippen LogP contribution >= 0.6 is 22.7 Å². The monoisotopic (exact) mass is 399 g/mol. The standard InChI is InChI=1S/C15H17N3O4S3/c19-14(16-17-15(20)12-5-2-8-23-12)11-4-1-7-18(10-11)25(21,22)13-6-3-9-24-13/h2-3,5-6,8-9,11H,1,4,7,10H2,(H,16,19)(H,17,20)/t11-/m1/s1. The van der Waals surface area contributed by atoms with Gasteiger partial charge in [-0.25, -0.2) is 8.42 Å². The van der Waals surface area contributed by atoms with Gasteiger partial charge in [0.05, 0.1) is 10.8 Å². The van der Waals surface area contributed by atoms with Gasteiger partial charge in [-0.1, -0.05) is 12.1 Å². The second-order valence-corrected chi connectivity index (χ2v) is 9.62. The van der Waals surface area contributed by atoms with Crippen LogP contribution in [0.25, 0.3) is 0 Å². The molecule has 1 atom stereocenters. The van der Waals surface area contributed by atoms with Gasteiger partial charge in [0.15, 0.2) is 0 Å². The predicted molar refractivity (Wildman–Crippen MR) is 95.7 cm³/mol. The molecule has 7 nitrogen and oxygen atoms in total. The molecule has 134 valence electrons. The summed E-state index contributed by atoms with van der Waals surface area (Å²) in [7, 11) is -3.57. The lowest BCUT2D eigenvalue weighted by Crippen LogP contribution is -2.49. The second-order valence-electron chi connectivity index (χ2n) is 5.55. The van der Waals surface area contributed by atoms with E-state index in [0.717, 1.165) is 11.3 Å². The molecule has 0 bridgehead atoms. The molecule has 3 rings (SSSR count). The Morgan fingerprint density at radius 1 is 1.12 bits per heavy atom. The Hall–Kier alpha value is -1.75. The molecule has 25 heavy (non-hydrogen) atoms. The number of sulfonamides is 1. The first-order chi connectivity index (χ1) is 12.0. The molecule has 0 unspecified atom stereocenters. The van der Waals surface area contributed by atoms with Crippen LogP contribution in [0, 0.1) is 5.92 Å². The van der Waals surface area contributed by atoms with Crippen LogP contribution < -0.4 is 10.9 Å². The lowest BCUT2D eigenvalue weighted by molar-refractivity contribution is -0.126. The summed E-state index contributed by atoms with van der Waals surface area (Å²) in [5, 5.41) is 3.48. The van der Waals surface area contributed by atoms with Gasteiger partial charge in [-0.3, -0.25) is 20.4 Å². The number of hydrogen-bond donors (Lipinski definition) is 2. The van der Waals surface area contributed by atoms with Crippen LogP contribution in [-0.4, -0.2) is 37.6 Å². The average Bonchev–Trinajstić information content (AvgIpc) is 3.33. The zero-order valence-electron chi connectivity index (χ0n) is 13.2. The van der Waals surface area contributed by atoms with Crippen molar-refractivity contribution in [3.05, 3.63) is 39.9 Å². The quantitative estimate of drug-likeness (QED) is 0.765. The maximum absolute atomic E-state index is 12.6. The van der Waals surface area contributed by atoms with Gasteiger partial charge in [-0.2, -0.15) is 4.31 Å². The Labute approximate surface area is 153 Å². The van der Waals surface area contributed by atoms with Crippen molar-refractivity contribution in [3.8, 4) is 0 Å². The van der Waals surface area contributed by atoms with Crippen molar-refractivity contribution in [2.24, 2.45) is 5.92 Å². The summed E-state index contributed by atoms with van der Waals surface area (Å²) in [6, 6.07) is 6.65. The van der Waals surface area contributed by atoms with Crippen LogP contribution in [0.1, 0.15) is 22.5 Å². The third-order valence-electron chi connectivity index (χ3n) is 3.89. The first-order valence-corrected chi connectivity index (χ1v) is 10.9. The van der Waals surface area contributed by atoms with E-state index in [-0.39, 0.29) is 22.6 Å². The molecule has 0 saturated carbocycles. The van der Waals surface area contributed by atoms with Crippen LogP contribution in [-0.2, 0) is 14.8 Å². The zero-order chi connectivity index (χ0) is 17.9. The molecular formula is C15H17N3O4S3. The molecule has 2 aromatic rings. The fourth-order valence-corrected chi connectivity index (χ4v) is 5.89. The van der Waals surface area contributed by atoms with Crippen LogP contribution in [0.2, 0.25) is 0 Å². The third kappa shape index (κ3) is 4.09. The Balaban J connectivity index is 1.59. The molecule has 1 saturated heterocycles. The smallest absolute Gasteiger partial charge is 0.273 e. The molecule has 1 aliphatic rings. The highest BCUT2D eigenvalue weighted by atomic mass is 32.2. The van der Waals surface area contributed by atoms with Gasteiger partial charge in [0.2, 0.25) is 5.91 Å². The van der Waals surface area contributed by atoms with Crippen LogP contribution in [0.3, 0.4) is 0 Å². The molecule has 0 spiro atoms. The fourth-order valence-electron chi connectivity index (χ4n) is 2.60. The summed E-state index contributed by atoms with van der Waals surface area (Å²) < 4.78 is 26.8. The van der Waals surface area contributed by atoms with Crippen molar-refractivity contribution in [3.63, 3.8) is 0 Å². The maximum atomic E-state index is 12.6. The summed E-state index contributed by atoms with van der Waals surface area (Å²) in [5.74, 6) is -1.26. The van der Waals surface area contributed by atoms with Gasteiger partial charge in [0.25, 0.3) is 15.9 Å². The van der Waals surface area contributed by atoms with Gasteiger partial charge < -0.3 is 0 Å². The third-order valence-corrected chi connectivity index (χ3v) is 8.00. The SMILES string of the molecule is O=C(NNC(=O)[C@@H]1CCCN(S(=O)(=O)c2cccs2)C1)c1cccs1. The Morgan fingerprint density at radius 3 is 2.56 bits per heavy atom. The van der Waals surface area contributed by atoms with Gasteiger partial charge in [0, 0.05) is 13.1 Å². The average molecular weight is 400 g/mol. The molecule has 0 radical (unpaired) electrons. The van der Waals surface area contributed by atoms with Gasteiger partial charge in [-0.15, -0.1) is 22.7 Å². The lowest BCUT2D eigenvalue weighted by atomic mass is 9.99. The van der Waals surface area contributed by atoms with Crippen molar-refractivity contribution in [1.82, 2.24) is 15.2 Å². The Morgan fingerprint density at radius 2 is 1.88 bits per heavy atom. The minimum absolute atomic E-state index is 0.112. The largest absolute Gasteiger partial charge is 0.279 e. The number of carbonyl (C=O) groups is 2. The first-order valence-electron chi connectivity index (χ1n) is 7.66. The summed E-state index contributed by atoms with van der Waals surface area (Å²) in [4.78, 5) is 24.6. The van der Waals surface area contributed by atoms with Gasteiger partial charge in [0.1, 0.15) is 4.21 Å². The van der Waals surface area contributed by atoms with Crippen molar-refractivity contribution in [1.29, 1.82) is 0 Å². The highest BCUT2D eigenvalue weighted by molar-refractivity contribution is 7.91. The normalized spacial score (nSPS) is 18.6. The van der Waals surface area contributed by atoms with Crippen molar-refractivity contribution >= 4 is 44.5 Å². The molecule has 0 aromatic carbocycles. The molecule has 2 N–H and O–H groups in total. The molecule has 2 amide bonds. The van der Waals surface area contributed by atoms with Crippen molar-refractivity contribution in [2.45, 2.75) is 17.1 Å². The number of hydrogen-bond acceptors (Lipinski definition) is 6. The van der Waals surface area contributed by atoms with E-state index in [1.165, 1.54) is 15.6 Å². The summed E-state index contributed by atoms with van der Waals surface area (Å²) in [6.07, 6.45) is 1.18. The van der Waals surface area contributed by atoms with Crippen molar-refractivity contribution < 1.29 is 18.0 Å². The molecular weight excluding hydrogens is 382 g/mol. The molecule has 1 aliphatic heterocycles. The van der Waals surface area contributed by atoms with E-state index in [2.05, 4.69) is 10.9 Å².